The monoisotopic (exact) mass is 381 g/mol. The lowest BCUT2D eigenvalue weighted by Gasteiger charge is -2.53. The second-order valence-electron chi connectivity index (χ2n) is 8.76. The van der Waals surface area contributed by atoms with E-state index in [1.807, 2.05) is 0 Å². The van der Waals surface area contributed by atoms with Gasteiger partial charge < -0.3 is 14.7 Å². The molecule has 1 N–H and O–H groups in total. The summed E-state index contributed by atoms with van der Waals surface area (Å²) in [6.07, 6.45) is 4.74. The van der Waals surface area contributed by atoms with E-state index in [1.165, 1.54) is 37.9 Å². The highest BCUT2D eigenvalue weighted by Crippen LogP contribution is 2.51. The van der Waals surface area contributed by atoms with Crippen LogP contribution in [0.1, 0.15) is 47.0 Å². The summed E-state index contributed by atoms with van der Waals surface area (Å²) in [7, 11) is 0. The summed E-state index contributed by atoms with van der Waals surface area (Å²) in [5, 5.41) is 11.6. The van der Waals surface area contributed by atoms with Crippen LogP contribution in [0.4, 0.5) is 0 Å². The fraction of sp³-hybridized carbons (Fsp3) is 0.857. The van der Waals surface area contributed by atoms with Crippen LogP contribution in [-0.2, 0) is 9.53 Å². The molecule has 0 spiro atoms. The molecule has 2 fully saturated rings. The number of esters is 1. The van der Waals surface area contributed by atoms with Gasteiger partial charge >= 0.3 is 5.97 Å². The average Bonchev–Trinajstić information content (AvgIpc) is 2.58. The first-order valence-corrected chi connectivity index (χ1v) is 11.3. The number of hydrogen-bond acceptors (Lipinski definition) is 5. The Morgan fingerprint density at radius 1 is 1.42 bits per heavy atom. The number of carbonyl (C=O) groups excluding carboxylic acids is 1. The highest BCUT2D eigenvalue weighted by molar-refractivity contribution is 7.99. The molecule has 148 valence electrons. The molecule has 0 unspecified atom stereocenters. The summed E-state index contributed by atoms with van der Waals surface area (Å²) in [6.45, 7) is 11.5. The van der Waals surface area contributed by atoms with Crippen LogP contribution in [0.5, 0.6) is 0 Å². The highest BCUT2D eigenvalue weighted by atomic mass is 32.2. The van der Waals surface area contributed by atoms with Gasteiger partial charge in [-0.2, -0.15) is 11.8 Å². The van der Waals surface area contributed by atoms with Gasteiger partial charge in [-0.15, -0.1) is 0 Å². The van der Waals surface area contributed by atoms with E-state index >= 15 is 0 Å². The first kappa shape index (κ1) is 20.2. The lowest BCUT2D eigenvalue weighted by Crippen LogP contribution is -2.56. The Balaban J connectivity index is 1.77. The first-order chi connectivity index (χ1) is 12.3. The molecule has 1 saturated heterocycles. The summed E-state index contributed by atoms with van der Waals surface area (Å²) in [4.78, 5) is 14.1. The van der Waals surface area contributed by atoms with Crippen LogP contribution >= 0.6 is 11.8 Å². The summed E-state index contributed by atoms with van der Waals surface area (Å²) in [5.41, 5.74) is 0.352. The minimum absolute atomic E-state index is 0.173. The van der Waals surface area contributed by atoms with Gasteiger partial charge in [0.05, 0.1) is 5.60 Å². The van der Waals surface area contributed by atoms with Crippen LogP contribution in [0.3, 0.4) is 0 Å². The zero-order valence-corrected chi connectivity index (χ0v) is 17.6. The quantitative estimate of drug-likeness (QED) is 0.598. The van der Waals surface area contributed by atoms with Gasteiger partial charge in [0.25, 0.3) is 0 Å². The molecule has 3 rings (SSSR count). The van der Waals surface area contributed by atoms with Gasteiger partial charge in [-0.1, -0.05) is 19.9 Å². The molecule has 0 amide bonds. The number of hydrogen-bond donors (Lipinski definition) is 1. The third-order valence-electron chi connectivity index (χ3n) is 6.98. The summed E-state index contributed by atoms with van der Waals surface area (Å²) in [5.74, 6) is 3.70. The van der Waals surface area contributed by atoms with E-state index < -0.39 is 5.60 Å². The van der Waals surface area contributed by atoms with Crippen molar-refractivity contribution >= 4 is 17.7 Å². The summed E-state index contributed by atoms with van der Waals surface area (Å²) < 4.78 is 5.51. The Labute approximate surface area is 162 Å². The molecule has 2 aliphatic carbocycles. The van der Waals surface area contributed by atoms with Gasteiger partial charge in [0.1, 0.15) is 6.10 Å². The second-order valence-corrected chi connectivity index (χ2v) is 9.99. The molecular formula is C21H35NO3S. The van der Waals surface area contributed by atoms with E-state index in [0.717, 1.165) is 18.5 Å². The molecule has 1 aliphatic heterocycles. The molecule has 1 saturated carbocycles. The number of ether oxygens (including phenoxy) is 1. The minimum Gasteiger partial charge on any atom is -0.458 e. The van der Waals surface area contributed by atoms with Crippen molar-refractivity contribution in [3.63, 3.8) is 0 Å². The van der Waals surface area contributed by atoms with Crippen LogP contribution in [-0.4, -0.2) is 58.8 Å². The largest absolute Gasteiger partial charge is 0.458 e. The zero-order valence-electron chi connectivity index (χ0n) is 16.7. The SMILES string of the molecule is CC(=O)O[C@@H]1C[C@@]2(O)[C@H](C)CC[C@@H]([C@H](C)CN3CCSCC3)[C@H]2C=C1C. The maximum absolute atomic E-state index is 11.6. The maximum atomic E-state index is 11.6. The maximum Gasteiger partial charge on any atom is 0.303 e. The summed E-state index contributed by atoms with van der Waals surface area (Å²) >= 11 is 2.05. The highest BCUT2D eigenvalue weighted by Gasteiger charge is 2.52. The fourth-order valence-electron chi connectivity index (χ4n) is 5.32. The topological polar surface area (TPSA) is 49.8 Å². The third-order valence-corrected chi connectivity index (χ3v) is 7.92. The van der Waals surface area contributed by atoms with Crippen LogP contribution in [0, 0.1) is 23.7 Å². The van der Waals surface area contributed by atoms with Gasteiger partial charge in [0.2, 0.25) is 0 Å². The van der Waals surface area contributed by atoms with Gasteiger partial charge in [-0.25, -0.2) is 0 Å². The van der Waals surface area contributed by atoms with Gasteiger partial charge in [-0.3, -0.25) is 4.79 Å². The average molecular weight is 382 g/mol. The predicted molar refractivity (Wildman–Crippen MR) is 107 cm³/mol. The Bertz CT molecular complexity index is 545. The van der Waals surface area contributed by atoms with E-state index in [0.29, 0.717) is 18.3 Å². The van der Waals surface area contributed by atoms with Crippen molar-refractivity contribution in [2.75, 3.05) is 31.1 Å². The van der Waals surface area contributed by atoms with Crippen molar-refractivity contribution in [1.29, 1.82) is 0 Å². The van der Waals surface area contributed by atoms with Crippen LogP contribution in [0.25, 0.3) is 0 Å². The molecule has 0 aromatic heterocycles. The van der Waals surface area contributed by atoms with Crippen molar-refractivity contribution in [2.45, 2.75) is 58.7 Å². The molecule has 26 heavy (non-hydrogen) atoms. The molecule has 0 bridgehead atoms. The normalized spacial score (nSPS) is 39.7. The summed E-state index contributed by atoms with van der Waals surface area (Å²) in [6, 6.07) is 0. The Kier molecular flexibility index (Phi) is 6.41. The number of fused-ring (bicyclic) bond motifs is 1. The van der Waals surface area contributed by atoms with Gasteiger partial charge in [0, 0.05) is 50.4 Å². The Hall–Kier alpha value is -0.520. The van der Waals surface area contributed by atoms with Gasteiger partial charge in [-0.05, 0) is 43.1 Å². The number of rotatable bonds is 4. The van der Waals surface area contributed by atoms with Crippen LogP contribution < -0.4 is 0 Å². The van der Waals surface area contributed by atoms with Crippen molar-refractivity contribution < 1.29 is 14.6 Å². The smallest absolute Gasteiger partial charge is 0.303 e. The van der Waals surface area contributed by atoms with E-state index in [4.69, 9.17) is 4.74 Å². The molecule has 1 heterocycles. The first-order valence-electron chi connectivity index (χ1n) is 10.2. The Morgan fingerprint density at radius 3 is 2.77 bits per heavy atom. The fourth-order valence-corrected chi connectivity index (χ4v) is 6.30. The molecule has 4 nitrogen and oxygen atoms in total. The number of carbonyl (C=O) groups is 1. The standard InChI is InChI=1S/C21H35NO3S/c1-14-11-19-18(15(2)13-22-7-9-26-10-8-22)6-5-16(3)21(19,24)12-20(14)25-17(4)23/h11,15-16,18-20,24H,5-10,12-13H2,1-4H3/t15-,16-,18+,19-,20-,21-/m1/s1. The minimum atomic E-state index is -0.755. The van der Waals surface area contributed by atoms with E-state index in [2.05, 4.69) is 43.5 Å². The number of aliphatic hydroxyl groups is 1. The van der Waals surface area contributed by atoms with Gasteiger partial charge in [0.15, 0.2) is 0 Å². The van der Waals surface area contributed by atoms with E-state index in [9.17, 15) is 9.90 Å². The molecule has 0 aromatic rings. The van der Waals surface area contributed by atoms with Crippen LogP contribution in [0.2, 0.25) is 0 Å². The van der Waals surface area contributed by atoms with Crippen LogP contribution in [0.15, 0.2) is 11.6 Å². The second kappa shape index (κ2) is 8.24. The van der Waals surface area contributed by atoms with E-state index in [-0.39, 0.29) is 23.9 Å². The number of nitrogens with zero attached hydrogens (tertiary/aromatic N) is 1. The Morgan fingerprint density at radius 2 is 2.12 bits per heavy atom. The van der Waals surface area contributed by atoms with Crippen molar-refractivity contribution in [2.24, 2.45) is 23.7 Å². The zero-order chi connectivity index (χ0) is 18.9. The lowest BCUT2D eigenvalue weighted by molar-refractivity contribution is -0.159. The van der Waals surface area contributed by atoms with E-state index in [1.54, 1.807) is 0 Å². The number of thioether (sulfide) groups is 1. The molecule has 6 atom stereocenters. The molecule has 5 heteroatoms. The van der Waals surface area contributed by atoms with Crippen molar-refractivity contribution in [3.8, 4) is 0 Å². The lowest BCUT2D eigenvalue weighted by atomic mass is 9.57. The molecule has 3 aliphatic rings. The molecule has 0 aromatic carbocycles. The van der Waals surface area contributed by atoms with Crippen molar-refractivity contribution in [1.82, 2.24) is 4.90 Å². The predicted octanol–water partition coefficient (Wildman–Crippen LogP) is 3.35. The van der Waals surface area contributed by atoms with Crippen molar-refractivity contribution in [3.05, 3.63) is 11.6 Å². The molecular weight excluding hydrogens is 346 g/mol. The molecule has 0 radical (unpaired) electrons. The third kappa shape index (κ3) is 4.15.